The maximum atomic E-state index is 5.81. The molecule has 0 saturated carbocycles. The number of ether oxygens (including phenoxy) is 1. The Labute approximate surface area is 113 Å². The topological polar surface area (TPSA) is 62.8 Å². The normalized spacial score (nSPS) is 12.3. The fourth-order valence-electron chi connectivity index (χ4n) is 1.99. The molecule has 102 valence electrons. The third-order valence-electron chi connectivity index (χ3n) is 2.83. The molecule has 0 aliphatic rings. The van der Waals surface area contributed by atoms with Crippen molar-refractivity contribution in [2.24, 2.45) is 0 Å². The molecule has 0 bridgehead atoms. The summed E-state index contributed by atoms with van der Waals surface area (Å²) in [6.45, 7) is 5.74. The fraction of sp³-hybridized carbons (Fsp3) is 0.429. The van der Waals surface area contributed by atoms with Crippen molar-refractivity contribution in [3.8, 4) is 5.75 Å². The summed E-state index contributed by atoms with van der Waals surface area (Å²) < 4.78 is 5.81. The Balaban J connectivity index is 2.30. The van der Waals surface area contributed by atoms with E-state index in [2.05, 4.69) is 40.6 Å². The molecule has 5 nitrogen and oxygen atoms in total. The maximum absolute atomic E-state index is 5.81. The van der Waals surface area contributed by atoms with Gasteiger partial charge in [-0.3, -0.25) is 0 Å². The quantitative estimate of drug-likeness (QED) is 0.801. The van der Waals surface area contributed by atoms with E-state index < -0.39 is 0 Å². The minimum atomic E-state index is -0.00296. The summed E-state index contributed by atoms with van der Waals surface area (Å²) in [7, 11) is 0. The van der Waals surface area contributed by atoms with E-state index in [0.29, 0.717) is 6.61 Å². The zero-order valence-corrected chi connectivity index (χ0v) is 11.4. The van der Waals surface area contributed by atoms with Crippen molar-refractivity contribution in [3.05, 3.63) is 41.7 Å². The lowest BCUT2D eigenvalue weighted by molar-refractivity contribution is 0.311. The standard InChI is InChI=1S/C14H20N4O/c1-3-9-19-13-8-6-5-7-11(13)14(15-4-2)12-10-16-18-17-12/h5-8,10,14-15H,3-4,9H2,1-2H3,(H,16,17,18). The second kappa shape index (κ2) is 6.89. The number of para-hydroxylation sites is 1. The highest BCUT2D eigenvalue weighted by Gasteiger charge is 2.19. The molecule has 2 aromatic rings. The van der Waals surface area contributed by atoms with Gasteiger partial charge in [-0.2, -0.15) is 15.4 Å². The second-order valence-corrected chi connectivity index (χ2v) is 4.27. The van der Waals surface area contributed by atoms with Crippen LogP contribution >= 0.6 is 0 Å². The molecule has 0 fully saturated rings. The summed E-state index contributed by atoms with van der Waals surface area (Å²) in [4.78, 5) is 0. The van der Waals surface area contributed by atoms with Crippen LogP contribution in [0.4, 0.5) is 0 Å². The SMILES string of the molecule is CCCOc1ccccc1C(NCC)c1cn[nH]n1. The van der Waals surface area contributed by atoms with Crippen molar-refractivity contribution in [3.63, 3.8) is 0 Å². The van der Waals surface area contributed by atoms with Crippen LogP contribution in [0.3, 0.4) is 0 Å². The first kappa shape index (κ1) is 13.5. The molecule has 0 aliphatic carbocycles. The summed E-state index contributed by atoms with van der Waals surface area (Å²) in [6, 6.07) is 8.05. The monoisotopic (exact) mass is 260 g/mol. The molecule has 1 aromatic heterocycles. The zero-order valence-electron chi connectivity index (χ0n) is 11.4. The molecule has 1 atom stereocenters. The molecule has 2 N–H and O–H groups in total. The highest BCUT2D eigenvalue weighted by Crippen LogP contribution is 2.28. The molecule has 1 unspecified atom stereocenters. The average molecular weight is 260 g/mol. The third-order valence-corrected chi connectivity index (χ3v) is 2.83. The zero-order chi connectivity index (χ0) is 13.5. The number of H-pyrrole nitrogens is 1. The van der Waals surface area contributed by atoms with Crippen LogP contribution in [0.15, 0.2) is 30.5 Å². The molecular formula is C14H20N4O. The van der Waals surface area contributed by atoms with Gasteiger partial charge in [0.1, 0.15) is 11.4 Å². The first-order chi connectivity index (χ1) is 9.36. The number of aromatic amines is 1. The summed E-state index contributed by atoms with van der Waals surface area (Å²) in [6.07, 6.45) is 2.73. The number of nitrogens with zero attached hydrogens (tertiary/aromatic N) is 2. The number of nitrogens with one attached hydrogen (secondary N) is 2. The molecule has 0 radical (unpaired) electrons. The fourth-order valence-corrected chi connectivity index (χ4v) is 1.99. The predicted octanol–water partition coefficient (Wildman–Crippen LogP) is 2.29. The van der Waals surface area contributed by atoms with Crippen molar-refractivity contribution in [2.75, 3.05) is 13.2 Å². The molecule has 0 amide bonds. The van der Waals surface area contributed by atoms with E-state index >= 15 is 0 Å². The van der Waals surface area contributed by atoms with Crippen LogP contribution in [-0.2, 0) is 0 Å². The molecule has 0 spiro atoms. The summed E-state index contributed by atoms with van der Waals surface area (Å²) in [5.74, 6) is 0.901. The van der Waals surface area contributed by atoms with Crippen molar-refractivity contribution in [1.82, 2.24) is 20.7 Å². The Kier molecular flexibility index (Phi) is 4.92. The number of aromatic nitrogens is 3. The van der Waals surface area contributed by atoms with Gasteiger partial charge in [-0.15, -0.1) is 0 Å². The molecular weight excluding hydrogens is 240 g/mol. The Bertz CT molecular complexity index is 484. The van der Waals surface area contributed by atoms with Crippen LogP contribution in [0.1, 0.15) is 37.6 Å². The summed E-state index contributed by atoms with van der Waals surface area (Å²) in [5, 5.41) is 14.1. The Morgan fingerprint density at radius 2 is 2.16 bits per heavy atom. The minimum Gasteiger partial charge on any atom is -0.493 e. The van der Waals surface area contributed by atoms with Gasteiger partial charge < -0.3 is 10.1 Å². The van der Waals surface area contributed by atoms with Crippen molar-refractivity contribution >= 4 is 0 Å². The van der Waals surface area contributed by atoms with E-state index in [1.54, 1.807) is 6.20 Å². The molecule has 0 aliphatic heterocycles. The average Bonchev–Trinajstić information content (AvgIpc) is 2.97. The van der Waals surface area contributed by atoms with Gasteiger partial charge >= 0.3 is 0 Å². The molecule has 19 heavy (non-hydrogen) atoms. The first-order valence-corrected chi connectivity index (χ1v) is 6.67. The minimum absolute atomic E-state index is 0.00296. The van der Waals surface area contributed by atoms with E-state index in [1.165, 1.54) is 0 Å². The van der Waals surface area contributed by atoms with Crippen LogP contribution in [0.5, 0.6) is 5.75 Å². The van der Waals surface area contributed by atoms with Gasteiger partial charge in [-0.25, -0.2) is 0 Å². The lowest BCUT2D eigenvalue weighted by Crippen LogP contribution is -2.23. The van der Waals surface area contributed by atoms with E-state index in [-0.39, 0.29) is 6.04 Å². The van der Waals surface area contributed by atoms with Gasteiger partial charge in [-0.05, 0) is 19.0 Å². The molecule has 1 heterocycles. The van der Waals surface area contributed by atoms with Gasteiger partial charge in [0, 0.05) is 5.56 Å². The number of benzene rings is 1. The lowest BCUT2D eigenvalue weighted by atomic mass is 10.0. The van der Waals surface area contributed by atoms with Crippen molar-refractivity contribution in [1.29, 1.82) is 0 Å². The van der Waals surface area contributed by atoms with Crippen LogP contribution < -0.4 is 10.1 Å². The van der Waals surface area contributed by atoms with Gasteiger partial charge in [0.05, 0.1) is 18.8 Å². The number of hydrogen-bond acceptors (Lipinski definition) is 4. The van der Waals surface area contributed by atoms with Crippen molar-refractivity contribution in [2.45, 2.75) is 26.3 Å². The summed E-state index contributed by atoms with van der Waals surface area (Å²) in [5.41, 5.74) is 1.96. The lowest BCUT2D eigenvalue weighted by Gasteiger charge is -2.19. The van der Waals surface area contributed by atoms with E-state index in [9.17, 15) is 0 Å². The first-order valence-electron chi connectivity index (χ1n) is 6.67. The van der Waals surface area contributed by atoms with Crippen LogP contribution in [0, 0.1) is 0 Å². The molecule has 2 rings (SSSR count). The molecule has 1 aromatic carbocycles. The number of rotatable bonds is 7. The highest BCUT2D eigenvalue weighted by atomic mass is 16.5. The maximum Gasteiger partial charge on any atom is 0.124 e. The van der Waals surface area contributed by atoms with Gasteiger partial charge in [0.2, 0.25) is 0 Å². The predicted molar refractivity (Wildman–Crippen MR) is 74.1 cm³/mol. The van der Waals surface area contributed by atoms with Gasteiger partial charge in [0.25, 0.3) is 0 Å². The Hall–Kier alpha value is -1.88. The van der Waals surface area contributed by atoms with Crippen LogP contribution in [-0.4, -0.2) is 28.6 Å². The van der Waals surface area contributed by atoms with Gasteiger partial charge in [0.15, 0.2) is 0 Å². The van der Waals surface area contributed by atoms with E-state index in [0.717, 1.165) is 30.0 Å². The second-order valence-electron chi connectivity index (χ2n) is 4.27. The van der Waals surface area contributed by atoms with Crippen LogP contribution in [0.25, 0.3) is 0 Å². The molecule has 0 saturated heterocycles. The van der Waals surface area contributed by atoms with E-state index in [1.807, 2.05) is 18.2 Å². The smallest absolute Gasteiger partial charge is 0.124 e. The largest absolute Gasteiger partial charge is 0.493 e. The van der Waals surface area contributed by atoms with E-state index in [4.69, 9.17) is 4.74 Å². The Morgan fingerprint density at radius 1 is 1.32 bits per heavy atom. The molecule has 5 heteroatoms. The number of hydrogen-bond donors (Lipinski definition) is 2. The van der Waals surface area contributed by atoms with Crippen LogP contribution in [0.2, 0.25) is 0 Å². The van der Waals surface area contributed by atoms with Crippen molar-refractivity contribution < 1.29 is 4.74 Å². The van der Waals surface area contributed by atoms with Gasteiger partial charge in [-0.1, -0.05) is 32.0 Å². The Morgan fingerprint density at radius 3 is 2.84 bits per heavy atom. The highest BCUT2D eigenvalue weighted by molar-refractivity contribution is 5.39. The third kappa shape index (κ3) is 3.32. The summed E-state index contributed by atoms with van der Waals surface area (Å²) >= 11 is 0.